The molecule has 50 heavy (non-hydrogen) atoms. The number of likely N-dealkylation sites (N-methyl/N-ethyl adjacent to an activating group) is 1. The van der Waals surface area contributed by atoms with Crippen molar-refractivity contribution in [3.63, 3.8) is 0 Å². The van der Waals surface area contributed by atoms with Crippen molar-refractivity contribution in [3.8, 4) is 0 Å². The molecule has 3 aliphatic rings. The smallest absolute Gasteiger partial charge is 0.411 e. The number of amides is 8. The Bertz CT molecular complexity index is 1650. The largest absolute Gasteiger partial charge is 0.480 e. The van der Waals surface area contributed by atoms with Crippen LogP contribution >= 0.6 is 11.8 Å². The lowest BCUT2D eigenvalue weighted by Crippen LogP contribution is -2.71. The molecule has 8 amide bonds. The monoisotopic (exact) mass is 720 g/mol. The highest BCUT2D eigenvalue weighted by atomic mass is 32.2. The molecule has 0 saturated carbocycles. The van der Waals surface area contributed by atoms with Crippen LogP contribution in [0.25, 0.3) is 0 Å². The number of nitrogens with two attached hydrogens (primary N) is 2. The van der Waals surface area contributed by atoms with E-state index in [1.165, 1.54) is 29.2 Å². The number of β-lactam (4-membered cyclic amide) rings is 1. The van der Waals surface area contributed by atoms with E-state index in [0.717, 1.165) is 16.7 Å². The average molecular weight is 721 g/mol. The van der Waals surface area contributed by atoms with Crippen molar-refractivity contribution in [2.45, 2.75) is 30.4 Å². The number of carbonyl (C=O) groups is 9. The van der Waals surface area contributed by atoms with Gasteiger partial charge in [-0.15, -0.1) is 11.8 Å². The molecule has 0 unspecified atom stereocenters. The number of benzene rings is 1. The van der Waals surface area contributed by atoms with Crippen LogP contribution < -0.4 is 27.4 Å². The Hall–Kier alpha value is -5.90. The molecule has 0 aliphatic carbocycles. The van der Waals surface area contributed by atoms with E-state index >= 15 is 0 Å². The number of carboxylic acids is 2. The van der Waals surface area contributed by atoms with Gasteiger partial charge in [0.15, 0.2) is 0 Å². The molecule has 9 N–H and O–H groups in total. The Labute approximate surface area is 286 Å². The van der Waals surface area contributed by atoms with E-state index in [9.17, 15) is 48.3 Å². The van der Waals surface area contributed by atoms with Crippen LogP contribution in [0.1, 0.15) is 18.5 Å². The summed E-state index contributed by atoms with van der Waals surface area (Å²) >= 11 is 1.07. The van der Waals surface area contributed by atoms with Crippen molar-refractivity contribution in [1.82, 2.24) is 25.3 Å². The number of fused-ring (bicyclic) bond motifs is 1. The van der Waals surface area contributed by atoms with Gasteiger partial charge < -0.3 is 46.7 Å². The van der Waals surface area contributed by atoms with Gasteiger partial charge in [-0.3, -0.25) is 39.1 Å². The van der Waals surface area contributed by atoms with Crippen molar-refractivity contribution >= 4 is 71.2 Å². The highest BCUT2D eigenvalue weighted by Gasteiger charge is 2.54. The van der Waals surface area contributed by atoms with Crippen LogP contribution in [0.5, 0.6) is 0 Å². The molecule has 22 heteroatoms. The number of ether oxygens (including phenoxy) is 2. The second-order valence-electron chi connectivity index (χ2n) is 10.8. The first-order chi connectivity index (χ1) is 23.6. The molecular weight excluding hydrogens is 688 g/mol. The van der Waals surface area contributed by atoms with Gasteiger partial charge in [-0.05, 0) is 24.6 Å². The number of nitrogens with zero attached hydrogens (tertiary/aromatic N) is 3. The zero-order valence-electron chi connectivity index (χ0n) is 26.2. The topological polar surface area (TPSA) is 310 Å². The van der Waals surface area contributed by atoms with Gasteiger partial charge in [-0.25, -0.2) is 19.2 Å². The van der Waals surface area contributed by atoms with E-state index in [4.69, 9.17) is 26.0 Å². The number of thioether (sulfide) groups is 1. The molecule has 3 heterocycles. The lowest BCUT2D eigenvalue weighted by Gasteiger charge is -2.49. The normalized spacial score (nSPS) is 19.8. The number of primary amides is 1. The van der Waals surface area contributed by atoms with Crippen LogP contribution in [-0.2, 0) is 38.2 Å². The minimum absolute atomic E-state index is 0.00884. The van der Waals surface area contributed by atoms with Crippen molar-refractivity contribution in [1.29, 1.82) is 0 Å². The summed E-state index contributed by atoms with van der Waals surface area (Å²) in [5.74, 6) is -6.66. The van der Waals surface area contributed by atoms with Gasteiger partial charge in [-0.2, -0.15) is 0 Å². The highest BCUT2D eigenvalue weighted by molar-refractivity contribution is 8.00. The van der Waals surface area contributed by atoms with E-state index in [2.05, 4.69) is 16.0 Å². The standard InChI is InChI=1S/C28H32N8O13S/c1-2-34-7-8-35(22(40)21(34)39)27(46)33-16(12-3-5-14(6-4-12)31-28(47)49-10-15(29)24(41)42)19(37)32-17-20(38)36-18(25(43)44)13(9-48-26(30)45)11-50-23(17)36/h3-6,15-17,23H,2,7-11,29H2,1H3,(H2,30,45)(H,31,47)(H,32,37)(H,33,46)(H,41,42)(H,43,44)/t15-,16-,17-,23+/m1/s1. The van der Waals surface area contributed by atoms with Crippen molar-refractivity contribution < 1.29 is 62.8 Å². The first-order valence-electron chi connectivity index (χ1n) is 14.7. The molecule has 0 radical (unpaired) electrons. The number of aliphatic carboxylic acids is 2. The lowest BCUT2D eigenvalue weighted by atomic mass is 10.0. The predicted octanol–water partition coefficient (Wildman–Crippen LogP) is -2.08. The van der Waals surface area contributed by atoms with Crippen LogP contribution in [-0.4, -0.2) is 135 Å². The molecule has 3 aliphatic heterocycles. The molecule has 1 aromatic rings. The van der Waals surface area contributed by atoms with Crippen LogP contribution in [0.2, 0.25) is 0 Å². The molecule has 4 atom stereocenters. The summed E-state index contributed by atoms with van der Waals surface area (Å²) in [6.07, 6.45) is -2.19. The van der Waals surface area contributed by atoms with Crippen LogP contribution in [0.15, 0.2) is 35.5 Å². The van der Waals surface area contributed by atoms with Crippen LogP contribution in [0.3, 0.4) is 0 Å². The molecule has 268 valence electrons. The fourth-order valence-corrected chi connectivity index (χ4v) is 6.34. The lowest BCUT2D eigenvalue weighted by molar-refractivity contribution is -0.153. The number of hydrogen-bond acceptors (Lipinski definition) is 13. The molecule has 0 spiro atoms. The van der Waals surface area contributed by atoms with Crippen molar-refractivity contribution in [2.75, 3.05) is 43.9 Å². The van der Waals surface area contributed by atoms with Crippen LogP contribution in [0.4, 0.5) is 20.1 Å². The highest BCUT2D eigenvalue weighted by Crippen LogP contribution is 2.40. The van der Waals surface area contributed by atoms with Crippen molar-refractivity contribution in [2.24, 2.45) is 11.5 Å². The molecule has 21 nitrogen and oxygen atoms in total. The fourth-order valence-electron chi connectivity index (χ4n) is 5.01. The van der Waals surface area contributed by atoms with Gasteiger partial charge >= 0.3 is 42.0 Å². The summed E-state index contributed by atoms with van der Waals surface area (Å²) in [7, 11) is 0. The Balaban J connectivity index is 1.53. The number of carboxylic acid groups (broad SMARTS) is 2. The Kier molecular flexibility index (Phi) is 11.5. The molecule has 1 aromatic carbocycles. The number of anilines is 1. The number of carbonyl (C=O) groups excluding carboxylic acids is 7. The quantitative estimate of drug-likeness (QED) is 0.0900. The summed E-state index contributed by atoms with van der Waals surface area (Å²) < 4.78 is 9.46. The van der Waals surface area contributed by atoms with Crippen molar-refractivity contribution in [3.05, 3.63) is 41.1 Å². The van der Waals surface area contributed by atoms with Crippen LogP contribution in [0, 0.1) is 0 Å². The maximum absolute atomic E-state index is 13.7. The Morgan fingerprint density at radius 2 is 1.70 bits per heavy atom. The van der Waals surface area contributed by atoms with Gasteiger partial charge in [0.1, 0.15) is 42.4 Å². The number of imide groups is 1. The zero-order chi connectivity index (χ0) is 36.9. The minimum Gasteiger partial charge on any atom is -0.480 e. The molecule has 2 saturated heterocycles. The third-order valence-corrected chi connectivity index (χ3v) is 8.94. The Morgan fingerprint density at radius 1 is 1.02 bits per heavy atom. The fraction of sp³-hybridized carbons (Fsp3) is 0.393. The number of urea groups is 1. The maximum Gasteiger partial charge on any atom is 0.411 e. The summed E-state index contributed by atoms with van der Waals surface area (Å²) in [5, 5.41) is 24.9. The first kappa shape index (κ1) is 36.9. The number of hydrogen-bond donors (Lipinski definition) is 7. The van der Waals surface area contributed by atoms with Gasteiger partial charge in [0, 0.05) is 36.6 Å². The van der Waals surface area contributed by atoms with E-state index in [1.54, 1.807) is 6.92 Å². The summed E-state index contributed by atoms with van der Waals surface area (Å²) in [6.45, 7) is 0.673. The molecule has 0 aromatic heterocycles. The summed E-state index contributed by atoms with van der Waals surface area (Å²) in [4.78, 5) is 114. The van der Waals surface area contributed by atoms with E-state index in [0.29, 0.717) is 4.90 Å². The first-order valence-corrected chi connectivity index (χ1v) is 15.7. The number of piperazine rings is 1. The van der Waals surface area contributed by atoms with E-state index < -0.39 is 96.2 Å². The molecule has 4 rings (SSSR count). The number of rotatable bonds is 12. The third-order valence-electron chi connectivity index (χ3n) is 7.60. The zero-order valence-corrected chi connectivity index (χ0v) is 27.0. The SMILES string of the molecule is CCN1CCN(C(=O)N[C@@H](C(=O)N[C@@H]2C(=O)N3C(C(=O)O)=C(COC(N)=O)CS[C@@H]23)c2ccc(NC(=O)OC[C@@H](N)C(=O)O)cc2)C(=O)C1=O. The second kappa shape index (κ2) is 15.5. The van der Waals surface area contributed by atoms with Gasteiger partial charge in [-0.1, -0.05) is 12.1 Å². The molecule has 2 fully saturated rings. The third kappa shape index (κ3) is 8.03. The Morgan fingerprint density at radius 3 is 2.30 bits per heavy atom. The van der Waals surface area contributed by atoms with E-state index in [-0.39, 0.29) is 42.2 Å². The van der Waals surface area contributed by atoms with Gasteiger partial charge in [0.05, 0.1) is 0 Å². The number of nitrogens with one attached hydrogen (secondary N) is 3. The van der Waals surface area contributed by atoms with Gasteiger partial charge in [0.2, 0.25) is 5.91 Å². The maximum atomic E-state index is 13.7. The average Bonchev–Trinajstić information content (AvgIpc) is 3.08. The molecular formula is C28H32N8O13S. The minimum atomic E-state index is -1.59. The summed E-state index contributed by atoms with van der Waals surface area (Å²) in [6, 6.07) is -0.161. The van der Waals surface area contributed by atoms with Gasteiger partial charge in [0.25, 0.3) is 5.91 Å². The summed E-state index contributed by atoms with van der Waals surface area (Å²) in [5.41, 5.74) is 10.2. The predicted molar refractivity (Wildman–Crippen MR) is 167 cm³/mol. The van der Waals surface area contributed by atoms with E-state index in [1.807, 2.05) is 0 Å². The molecule has 0 bridgehead atoms. The second-order valence-corrected chi connectivity index (χ2v) is 11.9.